The van der Waals surface area contributed by atoms with Crippen molar-refractivity contribution in [1.29, 1.82) is 0 Å². The number of benzene rings is 3. The zero-order valence-electron chi connectivity index (χ0n) is 16.1. The quantitative estimate of drug-likeness (QED) is 0.316. The van der Waals surface area contributed by atoms with E-state index in [1.807, 2.05) is 73.7 Å². The van der Waals surface area contributed by atoms with Crippen molar-refractivity contribution >= 4 is 50.2 Å². The molecule has 3 aromatic carbocycles. The smallest absolute Gasteiger partial charge is 0.266 e. The van der Waals surface area contributed by atoms with E-state index in [1.165, 1.54) is 11.8 Å². The van der Waals surface area contributed by atoms with Crippen LogP contribution in [0.4, 0.5) is 5.69 Å². The summed E-state index contributed by atoms with van der Waals surface area (Å²) < 4.78 is 2.45. The number of carbonyl (C=O) groups is 1. The molecule has 0 spiro atoms. The number of nitrogens with zero attached hydrogens (tertiary/aromatic N) is 2. The molecule has 0 aliphatic heterocycles. The molecule has 0 fully saturated rings. The minimum atomic E-state index is -0.170. The van der Waals surface area contributed by atoms with Crippen LogP contribution in [-0.2, 0) is 4.79 Å². The second-order valence-electron chi connectivity index (χ2n) is 6.73. The maximum atomic E-state index is 13.2. The Balaban J connectivity index is 1.67. The van der Waals surface area contributed by atoms with Gasteiger partial charge in [-0.2, -0.15) is 0 Å². The number of fused-ring (bicyclic) bond motifs is 1. The van der Waals surface area contributed by atoms with E-state index in [1.54, 1.807) is 10.6 Å². The van der Waals surface area contributed by atoms with Gasteiger partial charge in [0.15, 0.2) is 5.16 Å². The van der Waals surface area contributed by atoms with Gasteiger partial charge in [-0.1, -0.05) is 63.6 Å². The summed E-state index contributed by atoms with van der Waals surface area (Å²) in [7, 11) is 0. The average Bonchev–Trinajstić information content (AvgIpc) is 2.73. The molecule has 0 saturated carbocycles. The van der Waals surface area contributed by atoms with Crippen molar-refractivity contribution in [3.05, 3.63) is 93.2 Å². The molecule has 1 aromatic heterocycles. The second kappa shape index (κ2) is 8.85. The summed E-state index contributed by atoms with van der Waals surface area (Å²) in [5.74, 6) is -0.0423. The molecule has 4 aromatic rings. The van der Waals surface area contributed by atoms with Crippen molar-refractivity contribution < 1.29 is 4.79 Å². The molecule has 0 aliphatic rings. The first kappa shape index (κ1) is 20.4. The molecule has 0 unspecified atom stereocenters. The van der Waals surface area contributed by atoms with Crippen LogP contribution >= 0.6 is 27.7 Å². The monoisotopic (exact) mass is 479 g/mol. The third-order valence-electron chi connectivity index (χ3n) is 4.48. The average molecular weight is 480 g/mol. The van der Waals surface area contributed by atoms with Crippen LogP contribution < -0.4 is 10.9 Å². The number of amides is 1. The molecule has 0 bridgehead atoms. The Kier molecular flexibility index (Phi) is 6.01. The predicted molar refractivity (Wildman–Crippen MR) is 126 cm³/mol. The summed E-state index contributed by atoms with van der Waals surface area (Å²) in [5.41, 5.74) is 2.99. The first-order valence-electron chi connectivity index (χ1n) is 9.28. The Bertz CT molecular complexity index is 1290. The van der Waals surface area contributed by atoms with Crippen LogP contribution in [0.15, 0.2) is 87.2 Å². The summed E-state index contributed by atoms with van der Waals surface area (Å²) in [4.78, 5) is 30.4. The Morgan fingerprint density at radius 2 is 1.83 bits per heavy atom. The Hall–Kier alpha value is -2.90. The first-order chi connectivity index (χ1) is 14.5. The molecular formula is C23H18BrN3O2S. The van der Waals surface area contributed by atoms with E-state index in [0.29, 0.717) is 21.7 Å². The molecule has 150 valence electrons. The van der Waals surface area contributed by atoms with Crippen LogP contribution in [0.25, 0.3) is 16.6 Å². The van der Waals surface area contributed by atoms with Crippen LogP contribution in [0.2, 0.25) is 0 Å². The number of aromatic nitrogens is 2. The lowest BCUT2D eigenvalue weighted by Gasteiger charge is -2.13. The Morgan fingerprint density at radius 1 is 1.07 bits per heavy atom. The van der Waals surface area contributed by atoms with E-state index >= 15 is 0 Å². The Morgan fingerprint density at radius 3 is 2.60 bits per heavy atom. The van der Waals surface area contributed by atoms with E-state index in [2.05, 4.69) is 26.2 Å². The summed E-state index contributed by atoms with van der Waals surface area (Å²) in [5, 5.41) is 3.89. The van der Waals surface area contributed by atoms with Crippen LogP contribution in [0.5, 0.6) is 0 Å². The Labute approximate surface area is 186 Å². The summed E-state index contributed by atoms with van der Waals surface area (Å²) >= 11 is 4.63. The lowest BCUT2D eigenvalue weighted by Crippen LogP contribution is -2.23. The highest BCUT2D eigenvalue weighted by atomic mass is 79.9. The highest BCUT2D eigenvalue weighted by Crippen LogP contribution is 2.22. The SMILES string of the molecule is Cc1ccc(-n2c(SCC(=O)Nc3cccc(Br)c3)nc3ccccc3c2=O)cc1. The van der Waals surface area contributed by atoms with E-state index in [-0.39, 0.29) is 17.2 Å². The topological polar surface area (TPSA) is 64.0 Å². The molecule has 30 heavy (non-hydrogen) atoms. The van der Waals surface area contributed by atoms with Gasteiger partial charge in [-0.05, 0) is 49.4 Å². The lowest BCUT2D eigenvalue weighted by molar-refractivity contribution is -0.113. The molecule has 1 amide bonds. The molecular weight excluding hydrogens is 462 g/mol. The van der Waals surface area contributed by atoms with Crippen molar-refractivity contribution in [3.8, 4) is 5.69 Å². The number of hydrogen-bond donors (Lipinski definition) is 1. The number of aryl methyl sites for hydroxylation is 1. The van der Waals surface area contributed by atoms with Crippen molar-refractivity contribution in [1.82, 2.24) is 9.55 Å². The standard InChI is InChI=1S/C23H18BrN3O2S/c1-15-9-11-18(12-10-15)27-22(29)19-7-2-3-8-20(19)26-23(27)30-14-21(28)25-17-6-4-5-16(24)13-17/h2-13H,14H2,1H3,(H,25,28). The minimum absolute atomic E-state index is 0.128. The van der Waals surface area contributed by atoms with Crippen LogP contribution in [0.1, 0.15) is 5.56 Å². The third kappa shape index (κ3) is 4.47. The highest BCUT2D eigenvalue weighted by molar-refractivity contribution is 9.10. The number of carbonyl (C=O) groups excluding carboxylic acids is 1. The first-order valence-corrected chi connectivity index (χ1v) is 11.1. The molecule has 7 heteroatoms. The van der Waals surface area contributed by atoms with Gasteiger partial charge >= 0.3 is 0 Å². The minimum Gasteiger partial charge on any atom is -0.325 e. The zero-order chi connectivity index (χ0) is 21.1. The second-order valence-corrected chi connectivity index (χ2v) is 8.59. The van der Waals surface area contributed by atoms with Gasteiger partial charge in [-0.3, -0.25) is 14.2 Å². The normalized spacial score (nSPS) is 10.9. The largest absolute Gasteiger partial charge is 0.325 e. The highest BCUT2D eigenvalue weighted by Gasteiger charge is 2.15. The molecule has 4 rings (SSSR count). The van der Waals surface area contributed by atoms with E-state index in [9.17, 15) is 9.59 Å². The summed E-state index contributed by atoms with van der Waals surface area (Å²) in [6.45, 7) is 1.99. The maximum Gasteiger partial charge on any atom is 0.266 e. The number of para-hydroxylation sites is 1. The van der Waals surface area contributed by atoms with Crippen LogP contribution in [0.3, 0.4) is 0 Å². The fraction of sp³-hybridized carbons (Fsp3) is 0.0870. The number of thioether (sulfide) groups is 1. The van der Waals surface area contributed by atoms with Crippen molar-refractivity contribution in [3.63, 3.8) is 0 Å². The maximum absolute atomic E-state index is 13.2. The van der Waals surface area contributed by atoms with E-state index in [0.717, 1.165) is 15.7 Å². The molecule has 0 atom stereocenters. The number of rotatable bonds is 5. The fourth-order valence-electron chi connectivity index (χ4n) is 3.02. The van der Waals surface area contributed by atoms with E-state index in [4.69, 9.17) is 0 Å². The van der Waals surface area contributed by atoms with Gasteiger partial charge < -0.3 is 5.32 Å². The van der Waals surface area contributed by atoms with Crippen molar-refractivity contribution in [2.24, 2.45) is 0 Å². The van der Waals surface area contributed by atoms with Gasteiger partial charge in [0.2, 0.25) is 5.91 Å². The lowest BCUT2D eigenvalue weighted by atomic mass is 10.2. The number of halogens is 1. The van der Waals surface area contributed by atoms with Gasteiger partial charge in [0.05, 0.1) is 22.3 Å². The van der Waals surface area contributed by atoms with Crippen molar-refractivity contribution in [2.45, 2.75) is 12.1 Å². The van der Waals surface area contributed by atoms with Crippen LogP contribution in [0, 0.1) is 6.92 Å². The van der Waals surface area contributed by atoms with Crippen molar-refractivity contribution in [2.75, 3.05) is 11.1 Å². The number of anilines is 1. The summed E-state index contributed by atoms with van der Waals surface area (Å²) in [6.07, 6.45) is 0. The zero-order valence-corrected chi connectivity index (χ0v) is 18.5. The number of hydrogen-bond acceptors (Lipinski definition) is 4. The van der Waals surface area contributed by atoms with Gasteiger partial charge in [0.1, 0.15) is 0 Å². The molecule has 0 aliphatic carbocycles. The number of nitrogens with one attached hydrogen (secondary N) is 1. The molecule has 0 saturated heterocycles. The fourth-order valence-corrected chi connectivity index (χ4v) is 4.24. The molecule has 1 N–H and O–H groups in total. The molecule has 0 radical (unpaired) electrons. The molecule has 1 heterocycles. The van der Waals surface area contributed by atoms with Gasteiger partial charge in [-0.25, -0.2) is 4.98 Å². The third-order valence-corrected chi connectivity index (χ3v) is 5.91. The van der Waals surface area contributed by atoms with Crippen LogP contribution in [-0.4, -0.2) is 21.2 Å². The van der Waals surface area contributed by atoms with Gasteiger partial charge in [-0.15, -0.1) is 0 Å². The van der Waals surface area contributed by atoms with E-state index < -0.39 is 0 Å². The van der Waals surface area contributed by atoms with Gasteiger partial charge in [0, 0.05) is 10.2 Å². The molecule has 5 nitrogen and oxygen atoms in total. The summed E-state index contributed by atoms with van der Waals surface area (Å²) in [6, 6.07) is 22.3. The predicted octanol–water partition coefficient (Wildman–Crippen LogP) is 5.19. The van der Waals surface area contributed by atoms with Gasteiger partial charge in [0.25, 0.3) is 5.56 Å².